The maximum absolute atomic E-state index is 10.9. The van der Waals surface area contributed by atoms with Gasteiger partial charge in [0, 0.05) is 12.6 Å². The van der Waals surface area contributed by atoms with E-state index in [-0.39, 0.29) is 12.4 Å². The molecular formula is C12H14N2O3. The zero-order chi connectivity index (χ0) is 12.7. The fraction of sp³-hybridized carbons (Fsp3) is 0.333. The van der Waals surface area contributed by atoms with Gasteiger partial charge in [-0.25, -0.2) is 0 Å². The monoisotopic (exact) mass is 234 g/mol. The van der Waals surface area contributed by atoms with E-state index in [9.17, 15) is 4.79 Å². The number of rotatable bonds is 5. The number of benzene rings is 1. The predicted molar refractivity (Wildman–Crippen MR) is 62.8 cm³/mol. The normalized spacial score (nSPS) is 9.24. The van der Waals surface area contributed by atoms with Gasteiger partial charge in [-0.2, -0.15) is 5.26 Å². The molecule has 5 heteroatoms. The second kappa shape index (κ2) is 6.38. The van der Waals surface area contributed by atoms with Crippen molar-refractivity contribution in [3.05, 3.63) is 23.8 Å². The van der Waals surface area contributed by atoms with Gasteiger partial charge in [0.1, 0.15) is 5.75 Å². The van der Waals surface area contributed by atoms with Crippen molar-refractivity contribution in [3.63, 3.8) is 0 Å². The highest BCUT2D eigenvalue weighted by Crippen LogP contribution is 2.25. The van der Waals surface area contributed by atoms with E-state index < -0.39 is 0 Å². The number of hydrogen-bond acceptors (Lipinski definition) is 5. The van der Waals surface area contributed by atoms with Crippen molar-refractivity contribution < 1.29 is 14.3 Å². The lowest BCUT2D eigenvalue weighted by molar-refractivity contribution is -0.140. The molecule has 0 unspecified atom stereocenters. The van der Waals surface area contributed by atoms with E-state index in [1.807, 2.05) is 6.07 Å². The first-order valence-electron chi connectivity index (χ1n) is 5.10. The van der Waals surface area contributed by atoms with Crippen molar-refractivity contribution in [2.45, 2.75) is 6.42 Å². The Balaban J connectivity index is 2.65. The molecule has 17 heavy (non-hydrogen) atoms. The van der Waals surface area contributed by atoms with Crippen molar-refractivity contribution in [3.8, 4) is 11.8 Å². The molecule has 0 aromatic heterocycles. The third-order valence-corrected chi connectivity index (χ3v) is 2.20. The molecule has 1 aromatic rings. The molecule has 0 aliphatic carbocycles. The molecule has 1 rings (SSSR count). The molecule has 0 atom stereocenters. The molecule has 0 saturated heterocycles. The number of nitrogens with one attached hydrogen (secondary N) is 1. The van der Waals surface area contributed by atoms with Crippen LogP contribution in [0.1, 0.15) is 12.0 Å². The van der Waals surface area contributed by atoms with Gasteiger partial charge in [-0.05, 0) is 12.1 Å². The average molecular weight is 234 g/mol. The van der Waals surface area contributed by atoms with Crippen LogP contribution < -0.4 is 10.1 Å². The van der Waals surface area contributed by atoms with Crippen LogP contribution in [-0.4, -0.2) is 26.7 Å². The maximum atomic E-state index is 10.9. The first-order valence-corrected chi connectivity index (χ1v) is 5.10. The van der Waals surface area contributed by atoms with Gasteiger partial charge >= 0.3 is 5.97 Å². The molecule has 0 aliphatic heterocycles. The van der Waals surface area contributed by atoms with Gasteiger partial charge < -0.3 is 14.8 Å². The fourth-order valence-electron chi connectivity index (χ4n) is 1.31. The van der Waals surface area contributed by atoms with Crippen molar-refractivity contribution in [2.24, 2.45) is 0 Å². The second-order valence-corrected chi connectivity index (χ2v) is 3.28. The number of anilines is 1. The Bertz CT molecular complexity index is 438. The molecule has 0 heterocycles. The molecule has 1 aromatic carbocycles. The summed E-state index contributed by atoms with van der Waals surface area (Å²) >= 11 is 0. The zero-order valence-corrected chi connectivity index (χ0v) is 9.82. The molecule has 0 radical (unpaired) electrons. The molecule has 0 fully saturated rings. The highest BCUT2D eigenvalue weighted by Gasteiger charge is 2.05. The maximum Gasteiger partial charge on any atom is 0.307 e. The number of ether oxygens (including phenoxy) is 2. The van der Waals surface area contributed by atoms with E-state index in [4.69, 9.17) is 10.00 Å². The first-order chi connectivity index (χ1) is 8.21. The van der Waals surface area contributed by atoms with Crippen LogP contribution in [0.4, 0.5) is 5.69 Å². The quantitative estimate of drug-likeness (QED) is 0.782. The van der Waals surface area contributed by atoms with Crippen LogP contribution in [0.3, 0.4) is 0 Å². The predicted octanol–water partition coefficient (Wildman–Crippen LogP) is 1.54. The van der Waals surface area contributed by atoms with Crippen molar-refractivity contribution in [1.82, 2.24) is 0 Å². The molecule has 0 bridgehead atoms. The van der Waals surface area contributed by atoms with Crippen molar-refractivity contribution >= 4 is 11.7 Å². The van der Waals surface area contributed by atoms with Crippen LogP contribution in [0.25, 0.3) is 0 Å². The largest absolute Gasteiger partial charge is 0.495 e. The molecule has 5 nitrogen and oxygen atoms in total. The van der Waals surface area contributed by atoms with Crippen LogP contribution in [0.2, 0.25) is 0 Å². The van der Waals surface area contributed by atoms with E-state index in [0.29, 0.717) is 17.9 Å². The van der Waals surface area contributed by atoms with E-state index in [0.717, 1.165) is 5.69 Å². The van der Waals surface area contributed by atoms with Crippen LogP contribution in [0, 0.1) is 11.3 Å². The smallest absolute Gasteiger partial charge is 0.307 e. The van der Waals surface area contributed by atoms with Gasteiger partial charge in [-0.1, -0.05) is 0 Å². The van der Waals surface area contributed by atoms with E-state index in [1.54, 1.807) is 18.2 Å². The van der Waals surface area contributed by atoms with Gasteiger partial charge in [-0.15, -0.1) is 0 Å². The van der Waals surface area contributed by atoms with Gasteiger partial charge in [0.05, 0.1) is 38.0 Å². The summed E-state index contributed by atoms with van der Waals surface area (Å²) in [6.45, 7) is 0.453. The Morgan fingerprint density at radius 3 is 2.82 bits per heavy atom. The van der Waals surface area contributed by atoms with E-state index in [1.165, 1.54) is 14.2 Å². The Hall–Kier alpha value is -2.22. The molecule has 0 amide bonds. The lowest BCUT2D eigenvalue weighted by Crippen LogP contribution is -2.10. The average Bonchev–Trinajstić information content (AvgIpc) is 2.38. The number of methoxy groups -OCH3 is 2. The topological polar surface area (TPSA) is 71.3 Å². The number of carbonyl (C=O) groups is 1. The number of esters is 1. The second-order valence-electron chi connectivity index (χ2n) is 3.28. The molecule has 90 valence electrons. The van der Waals surface area contributed by atoms with Gasteiger partial charge in [-0.3, -0.25) is 4.79 Å². The van der Waals surface area contributed by atoms with E-state index >= 15 is 0 Å². The van der Waals surface area contributed by atoms with E-state index in [2.05, 4.69) is 10.1 Å². The highest BCUT2D eigenvalue weighted by atomic mass is 16.5. The summed E-state index contributed by atoms with van der Waals surface area (Å²) in [6.07, 6.45) is 0.277. The Kier molecular flexibility index (Phi) is 4.82. The van der Waals surface area contributed by atoms with Crippen LogP contribution in [0.15, 0.2) is 18.2 Å². The standard InChI is InChI=1S/C12H14N2O3/c1-16-11-7-9(8-13)3-4-10(11)14-6-5-12(15)17-2/h3-4,7,14H,5-6H2,1-2H3. The zero-order valence-electron chi connectivity index (χ0n) is 9.82. The van der Waals surface area contributed by atoms with Gasteiger partial charge in [0.15, 0.2) is 0 Å². The summed E-state index contributed by atoms with van der Waals surface area (Å²) in [5, 5.41) is 11.8. The van der Waals surface area contributed by atoms with Crippen molar-refractivity contribution in [1.29, 1.82) is 5.26 Å². The molecule has 0 aliphatic rings. The summed E-state index contributed by atoms with van der Waals surface area (Å²) in [7, 11) is 2.88. The minimum Gasteiger partial charge on any atom is -0.495 e. The lowest BCUT2D eigenvalue weighted by atomic mass is 10.2. The SMILES string of the molecule is COC(=O)CCNc1ccc(C#N)cc1OC. The van der Waals surface area contributed by atoms with Crippen LogP contribution in [-0.2, 0) is 9.53 Å². The Morgan fingerprint density at radius 1 is 1.47 bits per heavy atom. The van der Waals surface area contributed by atoms with Gasteiger partial charge in [0.25, 0.3) is 0 Å². The number of nitriles is 1. The number of hydrogen-bond donors (Lipinski definition) is 1. The Morgan fingerprint density at radius 2 is 2.24 bits per heavy atom. The highest BCUT2D eigenvalue weighted by molar-refractivity contribution is 5.70. The number of nitrogens with zero attached hydrogens (tertiary/aromatic N) is 1. The van der Waals surface area contributed by atoms with Crippen LogP contribution >= 0.6 is 0 Å². The first kappa shape index (κ1) is 12.8. The summed E-state index contributed by atoms with van der Waals surface area (Å²) in [4.78, 5) is 10.9. The third-order valence-electron chi connectivity index (χ3n) is 2.20. The Labute approximate surface area is 100.0 Å². The summed E-state index contributed by atoms with van der Waals surface area (Å²) in [5.41, 5.74) is 1.27. The van der Waals surface area contributed by atoms with Crippen molar-refractivity contribution in [2.75, 3.05) is 26.1 Å². The summed E-state index contributed by atoms with van der Waals surface area (Å²) in [5.74, 6) is 0.305. The molecule has 0 saturated carbocycles. The molecule has 1 N–H and O–H groups in total. The third kappa shape index (κ3) is 3.68. The summed E-state index contributed by atoms with van der Waals surface area (Å²) < 4.78 is 9.67. The molecule has 0 spiro atoms. The van der Waals surface area contributed by atoms with Crippen LogP contribution in [0.5, 0.6) is 5.75 Å². The van der Waals surface area contributed by atoms with Gasteiger partial charge in [0.2, 0.25) is 0 Å². The fourth-order valence-corrected chi connectivity index (χ4v) is 1.31. The minimum atomic E-state index is -0.273. The lowest BCUT2D eigenvalue weighted by Gasteiger charge is -2.10. The summed E-state index contributed by atoms with van der Waals surface area (Å²) in [6, 6.07) is 7.10. The number of carbonyl (C=O) groups excluding carboxylic acids is 1. The molecular weight excluding hydrogens is 220 g/mol. The minimum absolute atomic E-state index is 0.273.